The molecule has 0 fully saturated rings. The van der Waals surface area contributed by atoms with Gasteiger partial charge in [0, 0.05) is 34.1 Å². The van der Waals surface area contributed by atoms with Crippen LogP contribution in [-0.2, 0) is 0 Å². The molecule has 10 rings (SSSR count). The largest absolute Gasteiger partial charge is 0.311 e. The maximum absolute atomic E-state index is 2.34. The topological polar surface area (TPSA) is 6.48 Å². The highest BCUT2D eigenvalue weighted by Gasteiger charge is 2.16. The van der Waals surface area contributed by atoms with E-state index < -0.39 is 0 Å². The first-order valence-electron chi connectivity index (χ1n) is 24.1. The van der Waals surface area contributed by atoms with E-state index in [1.165, 1.54) is 55.7 Å². The van der Waals surface area contributed by atoms with E-state index in [1.807, 2.05) is 0 Å². The van der Waals surface area contributed by atoms with Gasteiger partial charge in [-0.3, -0.25) is 0 Å². The highest BCUT2D eigenvalue weighted by atomic mass is 15.1. The summed E-state index contributed by atoms with van der Waals surface area (Å²) in [6.45, 7) is 8.57. The van der Waals surface area contributed by atoms with Crippen molar-refractivity contribution in [2.45, 2.75) is 27.7 Å². The maximum atomic E-state index is 2.34. The number of benzene rings is 10. The van der Waals surface area contributed by atoms with Crippen LogP contribution in [0, 0.1) is 27.7 Å². The third-order valence-electron chi connectivity index (χ3n) is 12.9. The molecule has 0 atom stereocenters. The summed E-state index contributed by atoms with van der Waals surface area (Å²) in [6, 6.07) is 92.1. The Morgan fingerprint density at radius 2 is 0.543 bits per heavy atom. The van der Waals surface area contributed by atoms with Crippen LogP contribution in [0.15, 0.2) is 255 Å². The molecule has 2 heteroatoms. The molecule has 10 aromatic carbocycles. The normalized spacial score (nSPS) is 11.6. The van der Waals surface area contributed by atoms with Crippen molar-refractivity contribution in [2.75, 3.05) is 9.80 Å². The van der Waals surface area contributed by atoms with Crippen molar-refractivity contribution < 1.29 is 0 Å². The summed E-state index contributed by atoms with van der Waals surface area (Å²) >= 11 is 0. The van der Waals surface area contributed by atoms with Gasteiger partial charge in [0.05, 0.1) is 0 Å². The van der Waals surface area contributed by atoms with Gasteiger partial charge in [-0.1, -0.05) is 204 Å². The van der Waals surface area contributed by atoms with Crippen LogP contribution in [0.2, 0.25) is 0 Å². The first kappa shape index (κ1) is 45.1. The molecule has 0 unspecified atom stereocenters. The van der Waals surface area contributed by atoms with Gasteiger partial charge in [-0.15, -0.1) is 0 Å². The zero-order valence-corrected chi connectivity index (χ0v) is 40.3. The summed E-state index contributed by atoms with van der Waals surface area (Å²) in [4.78, 5) is 4.67. The lowest BCUT2D eigenvalue weighted by atomic mass is 9.94. The van der Waals surface area contributed by atoms with Gasteiger partial charge >= 0.3 is 0 Å². The minimum Gasteiger partial charge on any atom is -0.311 e. The smallest absolute Gasteiger partial charge is 0.0462 e. The molecule has 0 amide bonds. The Balaban J connectivity index is 0.935. The van der Waals surface area contributed by atoms with Gasteiger partial charge in [0.2, 0.25) is 0 Å². The van der Waals surface area contributed by atoms with E-state index in [9.17, 15) is 0 Å². The zero-order valence-electron chi connectivity index (χ0n) is 40.3. The first-order chi connectivity index (χ1) is 34.3. The lowest BCUT2D eigenvalue weighted by molar-refractivity contribution is 1.27. The number of anilines is 6. The third-order valence-corrected chi connectivity index (χ3v) is 12.9. The molecule has 0 saturated heterocycles. The second-order valence-corrected chi connectivity index (χ2v) is 18.2. The van der Waals surface area contributed by atoms with E-state index in [-0.39, 0.29) is 0 Å². The molecule has 0 aliphatic heterocycles. The average molecular weight is 901 g/mol. The molecular weight excluding hydrogens is 845 g/mol. The van der Waals surface area contributed by atoms with Crippen LogP contribution in [0.4, 0.5) is 34.1 Å². The summed E-state index contributed by atoms with van der Waals surface area (Å²) in [5, 5.41) is 0. The molecule has 2 nitrogen and oxygen atoms in total. The fourth-order valence-electron chi connectivity index (χ4n) is 9.19. The van der Waals surface area contributed by atoms with Crippen LogP contribution in [0.1, 0.15) is 55.6 Å². The molecule has 0 saturated carbocycles. The number of nitrogens with zero attached hydrogens (tertiary/aromatic N) is 2. The molecule has 70 heavy (non-hydrogen) atoms. The molecule has 0 N–H and O–H groups in total. The van der Waals surface area contributed by atoms with Crippen LogP contribution < -0.4 is 9.80 Å². The number of hydrogen-bond donors (Lipinski definition) is 0. The first-order valence-corrected chi connectivity index (χ1v) is 24.1. The molecular formula is C68H56N2. The van der Waals surface area contributed by atoms with E-state index in [4.69, 9.17) is 0 Å². The second kappa shape index (κ2) is 20.7. The summed E-state index contributed by atoms with van der Waals surface area (Å²) in [5.41, 5.74) is 23.4. The lowest BCUT2D eigenvalue weighted by Gasteiger charge is -2.26. The predicted molar refractivity (Wildman–Crippen MR) is 300 cm³/mol. The highest BCUT2D eigenvalue weighted by molar-refractivity contribution is 5.93. The predicted octanol–water partition coefficient (Wildman–Crippen LogP) is 18.7. The average Bonchev–Trinajstić information content (AvgIpc) is 3.40. The van der Waals surface area contributed by atoms with Gasteiger partial charge in [0.25, 0.3) is 0 Å². The van der Waals surface area contributed by atoms with Crippen LogP contribution in [0.25, 0.3) is 34.4 Å². The second-order valence-electron chi connectivity index (χ2n) is 18.2. The third kappa shape index (κ3) is 10.4. The van der Waals surface area contributed by atoms with Gasteiger partial charge < -0.3 is 9.80 Å². The van der Waals surface area contributed by atoms with E-state index in [1.54, 1.807) is 0 Å². The van der Waals surface area contributed by atoms with Gasteiger partial charge in [-0.2, -0.15) is 0 Å². The number of hydrogen-bond acceptors (Lipinski definition) is 2. The summed E-state index contributed by atoms with van der Waals surface area (Å²) < 4.78 is 0. The van der Waals surface area contributed by atoms with Crippen LogP contribution >= 0.6 is 0 Å². The maximum Gasteiger partial charge on any atom is 0.0462 e. The van der Waals surface area contributed by atoms with Crippen LogP contribution in [0.3, 0.4) is 0 Å². The standard InChI is InChI=1S/C68H56N2/c1-49-21-33-61(34-22-49)69(63-37-25-53(26-38-63)47-67(57-15-7-5-8-16-57)59-19-11-13-51(3)45-59)65-41-29-55(30-42-65)56-31-43-66(44-32-56)70(62-35-23-50(2)24-36-62)64-39-27-54(28-40-64)48-68(58-17-9-6-10-18-58)60-20-12-14-52(4)46-60/h5-48H,1-4H3/b67-47+,68-48+. The Labute approximate surface area is 414 Å². The highest BCUT2D eigenvalue weighted by Crippen LogP contribution is 2.39. The van der Waals surface area contributed by atoms with E-state index in [0.717, 1.165) is 56.4 Å². The fourth-order valence-corrected chi connectivity index (χ4v) is 9.19. The molecule has 338 valence electrons. The summed E-state index contributed by atoms with van der Waals surface area (Å²) in [7, 11) is 0. The molecule has 0 bridgehead atoms. The van der Waals surface area contributed by atoms with E-state index in [0.29, 0.717) is 0 Å². The SMILES string of the molecule is Cc1ccc(N(c2ccc(/C=C(\c3ccccc3)c3cccc(C)c3)cc2)c2ccc(-c3ccc(N(c4ccc(C)cc4)c4ccc(/C=C(\c5ccccc5)c5cccc(C)c5)cc4)cc3)cc2)cc1. The quantitative estimate of drug-likeness (QED) is 0.106. The molecule has 0 aromatic heterocycles. The minimum absolute atomic E-state index is 1.09. The van der Waals surface area contributed by atoms with Crippen molar-refractivity contribution in [3.8, 4) is 11.1 Å². The molecule has 0 radical (unpaired) electrons. The van der Waals surface area contributed by atoms with Gasteiger partial charge in [0.15, 0.2) is 0 Å². The number of aryl methyl sites for hydroxylation is 4. The summed E-state index contributed by atoms with van der Waals surface area (Å²) in [5.74, 6) is 0. The van der Waals surface area contributed by atoms with Gasteiger partial charge in [0.1, 0.15) is 0 Å². The molecule has 0 aliphatic carbocycles. The van der Waals surface area contributed by atoms with Crippen molar-refractivity contribution in [1.29, 1.82) is 0 Å². The van der Waals surface area contributed by atoms with Crippen molar-refractivity contribution in [3.63, 3.8) is 0 Å². The Morgan fingerprint density at radius 1 is 0.257 bits per heavy atom. The van der Waals surface area contributed by atoms with Crippen molar-refractivity contribution in [3.05, 3.63) is 310 Å². The summed E-state index contributed by atoms with van der Waals surface area (Å²) in [6.07, 6.45) is 4.60. The van der Waals surface area contributed by atoms with E-state index >= 15 is 0 Å². The van der Waals surface area contributed by atoms with Gasteiger partial charge in [-0.05, 0) is 168 Å². The van der Waals surface area contributed by atoms with Gasteiger partial charge in [-0.25, -0.2) is 0 Å². The minimum atomic E-state index is 1.09. The molecule has 10 aromatic rings. The van der Waals surface area contributed by atoms with Crippen LogP contribution in [-0.4, -0.2) is 0 Å². The Kier molecular flexibility index (Phi) is 13.3. The van der Waals surface area contributed by atoms with Crippen molar-refractivity contribution in [1.82, 2.24) is 0 Å². The monoisotopic (exact) mass is 900 g/mol. The van der Waals surface area contributed by atoms with Crippen LogP contribution in [0.5, 0.6) is 0 Å². The Bertz CT molecular complexity index is 3150. The number of rotatable bonds is 13. The molecule has 0 heterocycles. The molecule has 0 aliphatic rings. The Hall–Kier alpha value is -8.72. The zero-order chi connectivity index (χ0) is 47.8. The fraction of sp³-hybridized carbons (Fsp3) is 0.0588. The lowest BCUT2D eigenvalue weighted by Crippen LogP contribution is -2.10. The van der Waals surface area contributed by atoms with E-state index in [2.05, 4.69) is 304 Å². The van der Waals surface area contributed by atoms with Crippen molar-refractivity contribution >= 4 is 57.4 Å². The molecule has 0 spiro atoms. The Morgan fingerprint density at radius 3 is 0.857 bits per heavy atom. The van der Waals surface area contributed by atoms with Crippen molar-refractivity contribution in [2.24, 2.45) is 0 Å².